The Hall–Kier alpha value is -1.89. The summed E-state index contributed by atoms with van der Waals surface area (Å²) in [5, 5.41) is 5.28. The lowest BCUT2D eigenvalue weighted by Gasteiger charge is -2.09. The van der Waals surface area contributed by atoms with E-state index < -0.39 is 0 Å². The Kier molecular flexibility index (Phi) is 4.50. The van der Waals surface area contributed by atoms with Crippen LogP contribution in [0.25, 0.3) is 21.1 Å². The molecule has 5 nitrogen and oxygen atoms in total. The molecule has 2 aromatic heterocycles. The molecule has 1 aromatic carbocycles. The maximum atomic E-state index is 12.4. The zero-order chi connectivity index (χ0) is 17.4. The van der Waals surface area contributed by atoms with E-state index in [0.29, 0.717) is 27.7 Å². The number of nitrogens with zero attached hydrogens (tertiary/aromatic N) is 1. The minimum absolute atomic E-state index is 0.0915. The molecule has 0 aliphatic carbocycles. The summed E-state index contributed by atoms with van der Waals surface area (Å²) in [5.74, 6) is 0.498. The van der Waals surface area contributed by atoms with E-state index in [0.717, 1.165) is 35.1 Å². The molecule has 130 valence electrons. The van der Waals surface area contributed by atoms with E-state index in [4.69, 9.17) is 21.1 Å². The van der Waals surface area contributed by atoms with Crippen LogP contribution in [0.4, 0.5) is 0 Å². The highest BCUT2D eigenvalue weighted by atomic mass is 35.5. The van der Waals surface area contributed by atoms with E-state index in [9.17, 15) is 4.79 Å². The molecular formula is C18H17ClN2O3S. The largest absolute Gasteiger partial charge is 0.495 e. The van der Waals surface area contributed by atoms with Crippen molar-refractivity contribution in [1.82, 2.24) is 10.3 Å². The van der Waals surface area contributed by atoms with Crippen molar-refractivity contribution in [2.45, 2.75) is 18.9 Å². The highest BCUT2D eigenvalue weighted by Gasteiger charge is 2.18. The highest BCUT2D eigenvalue weighted by molar-refractivity contribution is 7.20. The van der Waals surface area contributed by atoms with Gasteiger partial charge in [-0.25, -0.2) is 4.98 Å². The summed E-state index contributed by atoms with van der Waals surface area (Å²) in [6, 6.07) is 7.60. The molecule has 25 heavy (non-hydrogen) atoms. The number of carbonyl (C=O) groups excluding carboxylic acids is 1. The molecular weight excluding hydrogens is 360 g/mol. The maximum absolute atomic E-state index is 12.4. The average molecular weight is 377 g/mol. The second-order valence-electron chi connectivity index (χ2n) is 5.99. The summed E-state index contributed by atoms with van der Waals surface area (Å²) in [4.78, 5) is 18.5. The van der Waals surface area contributed by atoms with Gasteiger partial charge in [-0.3, -0.25) is 4.79 Å². The van der Waals surface area contributed by atoms with Gasteiger partial charge in [-0.1, -0.05) is 11.6 Å². The number of hydrogen-bond acceptors (Lipinski definition) is 5. The molecule has 1 N–H and O–H groups in total. The number of benzene rings is 1. The summed E-state index contributed by atoms with van der Waals surface area (Å²) in [7, 11) is 1.58. The number of hydrogen-bond donors (Lipinski definition) is 1. The Morgan fingerprint density at radius 1 is 1.44 bits per heavy atom. The highest BCUT2D eigenvalue weighted by Crippen LogP contribution is 2.35. The van der Waals surface area contributed by atoms with Crippen LogP contribution >= 0.6 is 22.9 Å². The zero-order valence-electron chi connectivity index (χ0n) is 13.7. The lowest BCUT2D eigenvalue weighted by molar-refractivity contribution is 0.0861. The van der Waals surface area contributed by atoms with Crippen LogP contribution in [-0.2, 0) is 4.74 Å². The number of nitrogens with one attached hydrogen (secondary N) is 1. The first-order valence-corrected chi connectivity index (χ1v) is 9.32. The molecule has 1 fully saturated rings. The van der Waals surface area contributed by atoms with Crippen molar-refractivity contribution in [3.8, 4) is 5.75 Å². The number of rotatable bonds is 4. The van der Waals surface area contributed by atoms with Gasteiger partial charge in [-0.15, -0.1) is 11.3 Å². The van der Waals surface area contributed by atoms with Gasteiger partial charge in [0, 0.05) is 23.9 Å². The number of amides is 1. The molecule has 7 heteroatoms. The molecule has 1 amide bonds. The first-order chi connectivity index (χ1) is 12.2. The Labute approximate surface area is 153 Å². The summed E-state index contributed by atoms with van der Waals surface area (Å²) in [5.41, 5.74) is 0.682. The Balaban J connectivity index is 1.63. The molecule has 1 aliphatic rings. The van der Waals surface area contributed by atoms with Crippen molar-refractivity contribution in [3.63, 3.8) is 0 Å². The van der Waals surface area contributed by atoms with Gasteiger partial charge in [0.1, 0.15) is 15.6 Å². The predicted molar refractivity (Wildman–Crippen MR) is 100.0 cm³/mol. The third kappa shape index (κ3) is 3.17. The van der Waals surface area contributed by atoms with Crippen molar-refractivity contribution < 1.29 is 14.3 Å². The lowest BCUT2D eigenvalue weighted by Crippen LogP contribution is -2.31. The molecule has 1 atom stereocenters. The standard InChI is InChI=1S/C18H17ClN2O3S/c1-23-13-5-4-10-7-11-8-14(25-18(11)21-16(10)15(13)19)17(22)20-9-12-3-2-6-24-12/h4-5,7-8,12H,2-3,6,9H2,1H3,(H,20,22)/t12-/m0/s1. The van der Waals surface area contributed by atoms with Crippen molar-refractivity contribution in [2.24, 2.45) is 0 Å². The van der Waals surface area contributed by atoms with E-state index in [1.54, 1.807) is 7.11 Å². The number of fused-ring (bicyclic) bond motifs is 2. The average Bonchev–Trinajstić information content (AvgIpc) is 3.28. The van der Waals surface area contributed by atoms with Gasteiger partial charge in [0.15, 0.2) is 0 Å². The van der Waals surface area contributed by atoms with Crippen LogP contribution in [0, 0.1) is 0 Å². The Morgan fingerprint density at radius 3 is 3.08 bits per heavy atom. The number of ether oxygens (including phenoxy) is 2. The first kappa shape index (κ1) is 16.6. The number of halogens is 1. The van der Waals surface area contributed by atoms with Crippen LogP contribution in [-0.4, -0.2) is 37.3 Å². The Morgan fingerprint density at radius 2 is 2.32 bits per heavy atom. The van der Waals surface area contributed by atoms with E-state index in [1.807, 2.05) is 24.3 Å². The van der Waals surface area contributed by atoms with Crippen LogP contribution in [0.1, 0.15) is 22.5 Å². The summed E-state index contributed by atoms with van der Waals surface area (Å²) in [6.07, 6.45) is 2.19. The fourth-order valence-electron chi connectivity index (χ4n) is 3.01. The third-order valence-electron chi connectivity index (χ3n) is 4.33. The number of thiophene rings is 1. The minimum Gasteiger partial charge on any atom is -0.495 e. The first-order valence-electron chi connectivity index (χ1n) is 8.12. The molecule has 0 bridgehead atoms. The molecule has 4 rings (SSSR count). The number of methoxy groups -OCH3 is 1. The van der Waals surface area contributed by atoms with Crippen molar-refractivity contribution in [1.29, 1.82) is 0 Å². The van der Waals surface area contributed by atoms with E-state index >= 15 is 0 Å². The quantitative estimate of drug-likeness (QED) is 0.747. The van der Waals surface area contributed by atoms with Crippen LogP contribution in [0.3, 0.4) is 0 Å². The smallest absolute Gasteiger partial charge is 0.261 e. The third-order valence-corrected chi connectivity index (χ3v) is 5.74. The molecule has 1 saturated heterocycles. The minimum atomic E-state index is -0.0915. The molecule has 0 radical (unpaired) electrons. The summed E-state index contributed by atoms with van der Waals surface area (Å²) < 4.78 is 10.8. The number of pyridine rings is 1. The van der Waals surface area contributed by atoms with Gasteiger partial charge in [0.25, 0.3) is 5.91 Å². The normalized spacial score (nSPS) is 17.3. The van der Waals surface area contributed by atoms with E-state index in [-0.39, 0.29) is 12.0 Å². The van der Waals surface area contributed by atoms with Crippen LogP contribution in [0.15, 0.2) is 24.3 Å². The van der Waals surface area contributed by atoms with Gasteiger partial charge >= 0.3 is 0 Å². The lowest BCUT2D eigenvalue weighted by atomic mass is 10.2. The molecule has 0 spiro atoms. The fourth-order valence-corrected chi connectivity index (χ4v) is 4.24. The zero-order valence-corrected chi connectivity index (χ0v) is 15.2. The monoisotopic (exact) mass is 376 g/mol. The SMILES string of the molecule is COc1ccc2cc3cc(C(=O)NC[C@@H]4CCCO4)sc3nc2c1Cl. The predicted octanol–water partition coefficient (Wildman–Crippen LogP) is 4.02. The van der Waals surface area contributed by atoms with Gasteiger partial charge in [0.05, 0.1) is 23.6 Å². The van der Waals surface area contributed by atoms with Crippen LogP contribution in [0.5, 0.6) is 5.75 Å². The molecule has 0 unspecified atom stereocenters. The summed E-state index contributed by atoms with van der Waals surface area (Å²) >= 11 is 7.72. The molecule has 3 aromatic rings. The van der Waals surface area contributed by atoms with Gasteiger partial charge in [-0.05, 0) is 37.1 Å². The maximum Gasteiger partial charge on any atom is 0.261 e. The van der Waals surface area contributed by atoms with Crippen molar-refractivity contribution in [3.05, 3.63) is 34.2 Å². The van der Waals surface area contributed by atoms with Gasteiger partial charge in [-0.2, -0.15) is 0 Å². The van der Waals surface area contributed by atoms with E-state index in [2.05, 4.69) is 10.3 Å². The molecule has 3 heterocycles. The number of carbonyl (C=O) groups is 1. The number of aromatic nitrogens is 1. The fraction of sp³-hybridized carbons (Fsp3) is 0.333. The summed E-state index contributed by atoms with van der Waals surface area (Å²) in [6.45, 7) is 1.33. The van der Waals surface area contributed by atoms with Crippen LogP contribution < -0.4 is 10.1 Å². The topological polar surface area (TPSA) is 60.5 Å². The van der Waals surface area contributed by atoms with Gasteiger partial charge < -0.3 is 14.8 Å². The second kappa shape index (κ2) is 6.78. The second-order valence-corrected chi connectivity index (χ2v) is 7.40. The van der Waals surface area contributed by atoms with Crippen LogP contribution in [0.2, 0.25) is 5.02 Å². The Bertz CT molecular complexity index is 950. The molecule has 1 aliphatic heterocycles. The van der Waals surface area contributed by atoms with Gasteiger partial charge in [0.2, 0.25) is 0 Å². The van der Waals surface area contributed by atoms with Crippen molar-refractivity contribution in [2.75, 3.05) is 20.3 Å². The molecule has 0 saturated carbocycles. The van der Waals surface area contributed by atoms with E-state index in [1.165, 1.54) is 11.3 Å². The van der Waals surface area contributed by atoms with Crippen molar-refractivity contribution >= 4 is 50.0 Å².